The van der Waals surface area contributed by atoms with Crippen molar-refractivity contribution in [3.8, 4) is 0 Å². The van der Waals surface area contributed by atoms with Crippen molar-refractivity contribution in [2.45, 2.75) is 18.8 Å². The van der Waals surface area contributed by atoms with E-state index < -0.39 is 5.92 Å². The zero-order valence-corrected chi connectivity index (χ0v) is 11.9. The first kappa shape index (κ1) is 14.8. The Morgan fingerprint density at radius 1 is 1.10 bits per heavy atom. The summed E-state index contributed by atoms with van der Waals surface area (Å²) >= 11 is 5.93. The molecule has 3 heteroatoms. The molecule has 0 spiro atoms. The summed E-state index contributed by atoms with van der Waals surface area (Å²) in [7, 11) is 0. The summed E-state index contributed by atoms with van der Waals surface area (Å²) in [4.78, 5) is 12.3. The molecule has 0 aliphatic heterocycles. The van der Waals surface area contributed by atoms with Crippen molar-refractivity contribution in [2.75, 3.05) is 6.61 Å². The summed E-state index contributed by atoms with van der Waals surface area (Å²) in [6.07, 6.45) is 1.11. The molecule has 0 radical (unpaired) electrons. The monoisotopic (exact) mass is 288 g/mol. The predicted molar refractivity (Wildman–Crippen MR) is 81.0 cm³/mol. The first-order chi connectivity index (χ1) is 9.70. The number of aryl methyl sites for hydroxylation is 1. The summed E-state index contributed by atoms with van der Waals surface area (Å²) in [6.45, 7) is -0.187. The number of carbonyl (C=O) groups excluding carboxylic acids is 1. The maximum absolute atomic E-state index is 12.3. The SMILES string of the molecule is O=C(CCc1ccccc1)[C@H](CO)c1cccc(Cl)c1. The van der Waals surface area contributed by atoms with Crippen molar-refractivity contribution in [2.24, 2.45) is 0 Å². The van der Waals surface area contributed by atoms with Crippen LogP contribution in [-0.2, 0) is 11.2 Å². The molecule has 104 valence electrons. The number of halogens is 1. The third-order valence-corrected chi connectivity index (χ3v) is 3.56. The highest BCUT2D eigenvalue weighted by molar-refractivity contribution is 6.30. The van der Waals surface area contributed by atoms with E-state index >= 15 is 0 Å². The lowest BCUT2D eigenvalue weighted by Crippen LogP contribution is -2.17. The van der Waals surface area contributed by atoms with Gasteiger partial charge in [0.25, 0.3) is 0 Å². The van der Waals surface area contributed by atoms with E-state index in [1.54, 1.807) is 18.2 Å². The second kappa shape index (κ2) is 7.22. The van der Waals surface area contributed by atoms with E-state index in [2.05, 4.69) is 0 Å². The van der Waals surface area contributed by atoms with Gasteiger partial charge < -0.3 is 5.11 Å². The lowest BCUT2D eigenvalue weighted by molar-refractivity contribution is -0.121. The standard InChI is InChI=1S/C17H17ClO2/c18-15-8-4-7-14(11-15)16(12-19)17(20)10-9-13-5-2-1-3-6-13/h1-8,11,16,19H,9-10,12H2/t16-/m1/s1. The zero-order valence-electron chi connectivity index (χ0n) is 11.1. The van der Waals surface area contributed by atoms with Crippen LogP contribution in [0.2, 0.25) is 5.02 Å². The number of rotatable bonds is 6. The molecule has 1 atom stereocenters. The van der Waals surface area contributed by atoms with Gasteiger partial charge in [-0.3, -0.25) is 4.79 Å². The van der Waals surface area contributed by atoms with Gasteiger partial charge in [-0.05, 0) is 29.7 Å². The summed E-state index contributed by atoms with van der Waals surface area (Å²) in [6, 6.07) is 17.0. The summed E-state index contributed by atoms with van der Waals surface area (Å²) in [5, 5.41) is 10.1. The van der Waals surface area contributed by atoms with Crippen LogP contribution in [0.1, 0.15) is 23.5 Å². The Hall–Kier alpha value is -1.64. The van der Waals surface area contributed by atoms with Gasteiger partial charge in [-0.15, -0.1) is 0 Å². The fourth-order valence-electron chi connectivity index (χ4n) is 2.20. The molecule has 2 rings (SSSR count). The first-order valence-electron chi connectivity index (χ1n) is 6.63. The van der Waals surface area contributed by atoms with Gasteiger partial charge in [0, 0.05) is 11.4 Å². The Labute approximate surface area is 124 Å². The van der Waals surface area contributed by atoms with Crippen LogP contribution in [-0.4, -0.2) is 17.5 Å². The van der Waals surface area contributed by atoms with Crippen LogP contribution in [0.5, 0.6) is 0 Å². The molecular formula is C17H17ClO2. The van der Waals surface area contributed by atoms with Crippen molar-refractivity contribution >= 4 is 17.4 Å². The number of hydrogen-bond acceptors (Lipinski definition) is 2. The Kier molecular flexibility index (Phi) is 5.33. The summed E-state index contributed by atoms with van der Waals surface area (Å²) in [5.74, 6) is -0.448. The minimum atomic E-state index is -0.489. The highest BCUT2D eigenvalue weighted by Gasteiger charge is 2.19. The molecule has 0 fully saturated rings. The lowest BCUT2D eigenvalue weighted by atomic mass is 9.92. The molecule has 0 unspecified atom stereocenters. The van der Waals surface area contributed by atoms with E-state index in [0.717, 1.165) is 11.1 Å². The van der Waals surface area contributed by atoms with Crippen LogP contribution in [0.15, 0.2) is 54.6 Å². The summed E-state index contributed by atoms with van der Waals surface area (Å²) in [5.41, 5.74) is 1.90. The van der Waals surface area contributed by atoms with Gasteiger partial charge in [0.15, 0.2) is 0 Å². The third-order valence-electron chi connectivity index (χ3n) is 3.33. The van der Waals surface area contributed by atoms with Crippen LogP contribution >= 0.6 is 11.6 Å². The van der Waals surface area contributed by atoms with Gasteiger partial charge in [0.1, 0.15) is 5.78 Å². The molecule has 0 aliphatic rings. The molecule has 0 heterocycles. The zero-order chi connectivity index (χ0) is 14.4. The Morgan fingerprint density at radius 2 is 1.85 bits per heavy atom. The van der Waals surface area contributed by atoms with Crippen LogP contribution in [0.4, 0.5) is 0 Å². The van der Waals surface area contributed by atoms with Crippen molar-refractivity contribution in [1.29, 1.82) is 0 Å². The van der Waals surface area contributed by atoms with E-state index in [4.69, 9.17) is 11.6 Å². The van der Waals surface area contributed by atoms with E-state index in [1.165, 1.54) is 0 Å². The van der Waals surface area contributed by atoms with E-state index in [9.17, 15) is 9.90 Å². The van der Waals surface area contributed by atoms with Gasteiger partial charge in [-0.25, -0.2) is 0 Å². The Morgan fingerprint density at radius 3 is 2.50 bits per heavy atom. The van der Waals surface area contributed by atoms with E-state index in [0.29, 0.717) is 17.9 Å². The minimum Gasteiger partial charge on any atom is -0.395 e. The molecule has 0 aliphatic carbocycles. The van der Waals surface area contributed by atoms with Crippen LogP contribution in [0.25, 0.3) is 0 Å². The normalized spacial score (nSPS) is 12.1. The average molecular weight is 289 g/mol. The van der Waals surface area contributed by atoms with Crippen molar-refractivity contribution in [1.82, 2.24) is 0 Å². The number of aliphatic hydroxyl groups is 1. The van der Waals surface area contributed by atoms with Gasteiger partial charge >= 0.3 is 0 Å². The highest BCUT2D eigenvalue weighted by Crippen LogP contribution is 2.22. The highest BCUT2D eigenvalue weighted by atomic mass is 35.5. The average Bonchev–Trinajstić information content (AvgIpc) is 2.47. The second-order valence-electron chi connectivity index (χ2n) is 4.74. The van der Waals surface area contributed by atoms with Crippen molar-refractivity contribution in [3.05, 3.63) is 70.7 Å². The predicted octanol–water partition coefficient (Wildman–Crippen LogP) is 3.62. The first-order valence-corrected chi connectivity index (χ1v) is 7.01. The van der Waals surface area contributed by atoms with Crippen LogP contribution < -0.4 is 0 Å². The Bertz CT molecular complexity index is 566. The second-order valence-corrected chi connectivity index (χ2v) is 5.18. The van der Waals surface area contributed by atoms with Gasteiger partial charge in [-0.2, -0.15) is 0 Å². The largest absolute Gasteiger partial charge is 0.395 e. The maximum atomic E-state index is 12.3. The quantitative estimate of drug-likeness (QED) is 0.881. The van der Waals surface area contributed by atoms with Crippen molar-refractivity contribution < 1.29 is 9.90 Å². The van der Waals surface area contributed by atoms with E-state index in [-0.39, 0.29) is 12.4 Å². The molecule has 0 saturated heterocycles. The maximum Gasteiger partial charge on any atom is 0.142 e. The smallest absolute Gasteiger partial charge is 0.142 e. The fourth-order valence-corrected chi connectivity index (χ4v) is 2.40. The Balaban J connectivity index is 2.02. The molecule has 1 N–H and O–H groups in total. The topological polar surface area (TPSA) is 37.3 Å². The van der Waals surface area contributed by atoms with Gasteiger partial charge in [0.2, 0.25) is 0 Å². The molecule has 2 aromatic carbocycles. The van der Waals surface area contributed by atoms with Crippen LogP contribution in [0.3, 0.4) is 0 Å². The number of aliphatic hydroxyl groups excluding tert-OH is 1. The van der Waals surface area contributed by atoms with Crippen molar-refractivity contribution in [3.63, 3.8) is 0 Å². The fraction of sp³-hybridized carbons (Fsp3) is 0.235. The number of hydrogen-bond donors (Lipinski definition) is 1. The molecule has 20 heavy (non-hydrogen) atoms. The van der Waals surface area contributed by atoms with Crippen LogP contribution in [0, 0.1) is 0 Å². The van der Waals surface area contributed by atoms with Gasteiger partial charge in [0.05, 0.1) is 12.5 Å². The van der Waals surface area contributed by atoms with E-state index in [1.807, 2.05) is 36.4 Å². The minimum absolute atomic E-state index is 0.0404. The molecule has 0 bridgehead atoms. The molecule has 0 amide bonds. The molecular weight excluding hydrogens is 272 g/mol. The number of Topliss-reactive ketones (excluding diaryl/α,β-unsaturated/α-hetero) is 1. The third kappa shape index (κ3) is 3.92. The molecule has 0 aromatic heterocycles. The van der Waals surface area contributed by atoms with Gasteiger partial charge in [-0.1, -0.05) is 54.1 Å². The molecule has 0 saturated carbocycles. The lowest BCUT2D eigenvalue weighted by Gasteiger charge is -2.13. The number of benzene rings is 2. The number of carbonyl (C=O) groups is 1. The molecule has 2 nitrogen and oxygen atoms in total. The molecule has 2 aromatic rings. The summed E-state index contributed by atoms with van der Waals surface area (Å²) < 4.78 is 0. The number of ketones is 1.